The summed E-state index contributed by atoms with van der Waals surface area (Å²) in [6.07, 6.45) is 3.05. The maximum Gasteiger partial charge on any atom is 0.251 e. The first-order valence-electron chi connectivity index (χ1n) is 4.35. The Labute approximate surface area is 85.8 Å². The Balaban J connectivity index is 2.41. The van der Waals surface area contributed by atoms with Crippen LogP contribution in [0.15, 0.2) is 35.4 Å². The minimum atomic E-state index is -0.184. The molecule has 0 bridgehead atoms. The molecule has 0 saturated carbocycles. The molecule has 0 amide bonds. The molecule has 2 rings (SSSR count). The van der Waals surface area contributed by atoms with Crippen LogP contribution in [-0.2, 0) is 0 Å². The second kappa shape index (κ2) is 3.91. The number of ether oxygens (including phenoxy) is 1. The fourth-order valence-corrected chi connectivity index (χ4v) is 1.16. The predicted octanol–water partition coefficient (Wildman–Crippen LogP) is 0.840. The summed E-state index contributed by atoms with van der Waals surface area (Å²) < 4.78 is 4.93. The third-order valence-electron chi connectivity index (χ3n) is 1.89. The lowest BCUT2D eigenvalue weighted by Crippen LogP contribution is -2.05. The molecule has 0 unspecified atom stereocenters. The Kier molecular flexibility index (Phi) is 2.45. The normalized spacial score (nSPS) is 9.93. The largest absolute Gasteiger partial charge is 0.481 e. The smallest absolute Gasteiger partial charge is 0.251 e. The number of rotatable bonds is 2. The third kappa shape index (κ3) is 2.01. The van der Waals surface area contributed by atoms with E-state index in [-0.39, 0.29) is 5.56 Å². The number of methoxy groups -OCH3 is 1. The van der Waals surface area contributed by atoms with Crippen LogP contribution in [0.4, 0.5) is 0 Å². The Bertz CT molecular complexity index is 505. The SMILES string of the molecule is COc1ccc(-c2nccc(=O)[nH]2)cn1. The van der Waals surface area contributed by atoms with Crippen LogP contribution >= 0.6 is 0 Å². The quantitative estimate of drug-likeness (QED) is 0.785. The average Bonchev–Trinajstić information content (AvgIpc) is 2.29. The zero-order valence-electron chi connectivity index (χ0n) is 8.10. The molecular formula is C10H9N3O2. The van der Waals surface area contributed by atoms with Gasteiger partial charge >= 0.3 is 0 Å². The molecule has 0 atom stereocenters. The van der Waals surface area contributed by atoms with E-state index >= 15 is 0 Å². The van der Waals surface area contributed by atoms with E-state index in [2.05, 4.69) is 15.0 Å². The minimum absolute atomic E-state index is 0.184. The van der Waals surface area contributed by atoms with Crippen LogP contribution in [0.25, 0.3) is 11.4 Å². The van der Waals surface area contributed by atoms with Crippen LogP contribution in [0.5, 0.6) is 5.88 Å². The Morgan fingerprint density at radius 1 is 1.27 bits per heavy atom. The molecule has 0 fully saturated rings. The van der Waals surface area contributed by atoms with Crippen molar-refractivity contribution in [3.8, 4) is 17.3 Å². The van der Waals surface area contributed by atoms with Gasteiger partial charge in [0.2, 0.25) is 5.88 Å². The molecule has 0 aliphatic rings. The van der Waals surface area contributed by atoms with Crippen molar-refractivity contribution < 1.29 is 4.74 Å². The highest BCUT2D eigenvalue weighted by atomic mass is 16.5. The molecule has 5 nitrogen and oxygen atoms in total. The van der Waals surface area contributed by atoms with Gasteiger partial charge < -0.3 is 9.72 Å². The van der Waals surface area contributed by atoms with Crippen molar-refractivity contribution in [2.75, 3.05) is 7.11 Å². The fourth-order valence-electron chi connectivity index (χ4n) is 1.16. The van der Waals surface area contributed by atoms with Gasteiger partial charge in [-0.05, 0) is 6.07 Å². The van der Waals surface area contributed by atoms with E-state index < -0.39 is 0 Å². The highest BCUT2D eigenvalue weighted by molar-refractivity contribution is 5.53. The summed E-state index contributed by atoms with van der Waals surface area (Å²) in [5.74, 6) is 1.02. The molecule has 0 spiro atoms. The number of aromatic amines is 1. The molecular weight excluding hydrogens is 194 g/mol. The Morgan fingerprint density at radius 2 is 2.13 bits per heavy atom. The van der Waals surface area contributed by atoms with Crippen LogP contribution in [0.2, 0.25) is 0 Å². The predicted molar refractivity (Wildman–Crippen MR) is 54.6 cm³/mol. The van der Waals surface area contributed by atoms with Crippen LogP contribution in [0.3, 0.4) is 0 Å². The van der Waals surface area contributed by atoms with Gasteiger partial charge in [0.05, 0.1) is 7.11 Å². The van der Waals surface area contributed by atoms with Crippen LogP contribution < -0.4 is 10.3 Å². The molecule has 2 aromatic rings. The molecule has 1 N–H and O–H groups in total. The number of aromatic nitrogens is 3. The lowest BCUT2D eigenvalue weighted by atomic mass is 10.2. The van der Waals surface area contributed by atoms with Crippen molar-refractivity contribution in [3.63, 3.8) is 0 Å². The van der Waals surface area contributed by atoms with E-state index in [9.17, 15) is 4.79 Å². The first kappa shape index (κ1) is 9.39. The van der Waals surface area contributed by atoms with E-state index in [1.165, 1.54) is 12.3 Å². The van der Waals surface area contributed by atoms with Crippen molar-refractivity contribution in [1.29, 1.82) is 0 Å². The molecule has 0 saturated heterocycles. The number of nitrogens with one attached hydrogen (secondary N) is 1. The molecule has 0 aromatic carbocycles. The number of nitrogens with zero attached hydrogens (tertiary/aromatic N) is 2. The second-order valence-corrected chi connectivity index (χ2v) is 2.87. The van der Waals surface area contributed by atoms with Crippen molar-refractivity contribution in [1.82, 2.24) is 15.0 Å². The molecule has 15 heavy (non-hydrogen) atoms. The van der Waals surface area contributed by atoms with Crippen LogP contribution in [-0.4, -0.2) is 22.1 Å². The zero-order chi connectivity index (χ0) is 10.7. The van der Waals surface area contributed by atoms with Crippen molar-refractivity contribution in [3.05, 3.63) is 40.9 Å². The Morgan fingerprint density at radius 3 is 2.73 bits per heavy atom. The summed E-state index contributed by atoms with van der Waals surface area (Å²) in [4.78, 5) is 21.7. The van der Waals surface area contributed by atoms with E-state index in [1.807, 2.05) is 0 Å². The molecule has 0 aliphatic carbocycles. The number of hydrogen-bond donors (Lipinski definition) is 1. The highest BCUT2D eigenvalue weighted by Crippen LogP contribution is 2.14. The summed E-state index contributed by atoms with van der Waals surface area (Å²) in [6, 6.07) is 4.85. The van der Waals surface area contributed by atoms with Gasteiger partial charge in [-0.15, -0.1) is 0 Å². The standard InChI is InChI=1S/C10H9N3O2/c1-15-9-3-2-7(6-12-9)10-11-5-4-8(14)13-10/h2-6H,1H3,(H,11,13,14). The fraction of sp³-hybridized carbons (Fsp3) is 0.100. The van der Waals surface area contributed by atoms with Gasteiger partial charge in [0, 0.05) is 30.1 Å². The molecule has 5 heteroatoms. The van der Waals surface area contributed by atoms with Crippen molar-refractivity contribution in [2.45, 2.75) is 0 Å². The molecule has 2 heterocycles. The van der Waals surface area contributed by atoms with E-state index in [0.29, 0.717) is 11.7 Å². The molecule has 2 aromatic heterocycles. The van der Waals surface area contributed by atoms with Crippen molar-refractivity contribution in [2.24, 2.45) is 0 Å². The molecule has 0 aliphatic heterocycles. The van der Waals surface area contributed by atoms with E-state index in [0.717, 1.165) is 5.56 Å². The van der Waals surface area contributed by atoms with Crippen LogP contribution in [0, 0.1) is 0 Å². The lowest BCUT2D eigenvalue weighted by Gasteiger charge is -2.00. The maximum atomic E-state index is 11.0. The number of pyridine rings is 1. The Hall–Kier alpha value is -2.17. The maximum absolute atomic E-state index is 11.0. The molecule has 0 radical (unpaired) electrons. The number of hydrogen-bond acceptors (Lipinski definition) is 4. The summed E-state index contributed by atoms with van der Waals surface area (Å²) in [6.45, 7) is 0. The highest BCUT2D eigenvalue weighted by Gasteiger charge is 2.00. The van der Waals surface area contributed by atoms with Gasteiger partial charge in [-0.1, -0.05) is 0 Å². The van der Waals surface area contributed by atoms with E-state index in [4.69, 9.17) is 4.74 Å². The average molecular weight is 203 g/mol. The topological polar surface area (TPSA) is 67.9 Å². The minimum Gasteiger partial charge on any atom is -0.481 e. The lowest BCUT2D eigenvalue weighted by molar-refractivity contribution is 0.398. The van der Waals surface area contributed by atoms with Crippen molar-refractivity contribution >= 4 is 0 Å². The van der Waals surface area contributed by atoms with Gasteiger partial charge in [0.15, 0.2) is 0 Å². The zero-order valence-corrected chi connectivity index (χ0v) is 8.10. The third-order valence-corrected chi connectivity index (χ3v) is 1.89. The van der Waals surface area contributed by atoms with Gasteiger partial charge in [-0.2, -0.15) is 0 Å². The van der Waals surface area contributed by atoms with Gasteiger partial charge in [-0.3, -0.25) is 4.79 Å². The van der Waals surface area contributed by atoms with Crippen LogP contribution in [0.1, 0.15) is 0 Å². The first-order valence-corrected chi connectivity index (χ1v) is 4.35. The molecule has 76 valence electrons. The summed E-state index contributed by atoms with van der Waals surface area (Å²) >= 11 is 0. The van der Waals surface area contributed by atoms with Gasteiger partial charge in [0.25, 0.3) is 5.56 Å². The summed E-state index contributed by atoms with van der Waals surface area (Å²) in [7, 11) is 1.55. The summed E-state index contributed by atoms with van der Waals surface area (Å²) in [5, 5.41) is 0. The first-order chi connectivity index (χ1) is 7.29. The number of H-pyrrole nitrogens is 1. The second-order valence-electron chi connectivity index (χ2n) is 2.87. The van der Waals surface area contributed by atoms with E-state index in [1.54, 1.807) is 25.4 Å². The van der Waals surface area contributed by atoms with Gasteiger partial charge in [0.1, 0.15) is 5.82 Å². The van der Waals surface area contributed by atoms with Gasteiger partial charge in [-0.25, -0.2) is 9.97 Å². The monoisotopic (exact) mass is 203 g/mol. The summed E-state index contributed by atoms with van der Waals surface area (Å²) in [5.41, 5.74) is 0.560.